The molecule has 8 heavy (non-hydrogen) atoms. The molecule has 0 bridgehead atoms. The summed E-state index contributed by atoms with van der Waals surface area (Å²) < 4.78 is 5.28. The van der Waals surface area contributed by atoms with E-state index in [1.54, 1.807) is 0 Å². The third kappa shape index (κ3) is 2.71. The summed E-state index contributed by atoms with van der Waals surface area (Å²) in [6.45, 7) is 2.03. The number of ether oxygens (including phenoxy) is 1. The number of rotatable bonds is 0. The standard InChI is InChI=1S/C6H12OSe/c1-3-7-4-2-6-8-5-1/h1-6H2. The fourth-order valence-corrected chi connectivity index (χ4v) is 2.51. The van der Waals surface area contributed by atoms with Crippen LogP contribution in [-0.4, -0.2) is 28.2 Å². The Hall–Kier alpha value is 0.479. The Balaban J connectivity index is 2.00. The minimum atomic E-state index is 0.948. The zero-order valence-electron chi connectivity index (χ0n) is 5.06. The zero-order valence-corrected chi connectivity index (χ0v) is 6.77. The third-order valence-electron chi connectivity index (χ3n) is 1.15. The Morgan fingerprint density at radius 1 is 1.00 bits per heavy atom. The second-order valence-electron chi connectivity index (χ2n) is 1.93. The van der Waals surface area contributed by atoms with Crippen molar-refractivity contribution in [2.45, 2.75) is 23.5 Å². The zero-order chi connectivity index (χ0) is 5.66. The van der Waals surface area contributed by atoms with E-state index < -0.39 is 0 Å². The van der Waals surface area contributed by atoms with Crippen LogP contribution in [0.1, 0.15) is 12.8 Å². The van der Waals surface area contributed by atoms with Crippen molar-refractivity contribution >= 4 is 15.0 Å². The first-order chi connectivity index (χ1) is 4.00. The Morgan fingerprint density at radius 3 is 2.25 bits per heavy atom. The van der Waals surface area contributed by atoms with Gasteiger partial charge in [-0.25, -0.2) is 0 Å². The van der Waals surface area contributed by atoms with Crippen LogP contribution in [-0.2, 0) is 4.74 Å². The first-order valence-electron chi connectivity index (χ1n) is 3.15. The molecule has 1 saturated heterocycles. The quantitative estimate of drug-likeness (QED) is 0.510. The van der Waals surface area contributed by atoms with E-state index in [9.17, 15) is 0 Å². The molecule has 0 unspecified atom stereocenters. The van der Waals surface area contributed by atoms with Crippen LogP contribution in [0.3, 0.4) is 0 Å². The predicted molar refractivity (Wildman–Crippen MR) is 35.4 cm³/mol. The van der Waals surface area contributed by atoms with Gasteiger partial charge < -0.3 is 0 Å². The molecule has 1 nitrogen and oxygen atoms in total. The van der Waals surface area contributed by atoms with Gasteiger partial charge in [0.05, 0.1) is 0 Å². The van der Waals surface area contributed by atoms with Crippen LogP contribution in [0.2, 0.25) is 10.6 Å². The van der Waals surface area contributed by atoms with Crippen LogP contribution < -0.4 is 0 Å². The van der Waals surface area contributed by atoms with Gasteiger partial charge in [-0.3, -0.25) is 0 Å². The van der Waals surface area contributed by atoms with Crippen molar-refractivity contribution in [3.05, 3.63) is 0 Å². The molecule has 0 atom stereocenters. The second-order valence-corrected chi connectivity index (χ2v) is 4.50. The van der Waals surface area contributed by atoms with Gasteiger partial charge in [-0.2, -0.15) is 0 Å². The molecular weight excluding hydrogens is 167 g/mol. The first kappa shape index (κ1) is 6.60. The van der Waals surface area contributed by atoms with Crippen molar-refractivity contribution in [3.63, 3.8) is 0 Å². The van der Waals surface area contributed by atoms with Crippen LogP contribution in [0.5, 0.6) is 0 Å². The average molecular weight is 179 g/mol. The molecule has 0 spiro atoms. The van der Waals surface area contributed by atoms with E-state index in [-0.39, 0.29) is 0 Å². The fraction of sp³-hybridized carbons (Fsp3) is 1.00. The maximum atomic E-state index is 5.28. The van der Waals surface area contributed by atoms with Gasteiger partial charge in [0, 0.05) is 0 Å². The van der Waals surface area contributed by atoms with Gasteiger partial charge >= 0.3 is 56.4 Å². The van der Waals surface area contributed by atoms with Crippen LogP contribution in [0.4, 0.5) is 0 Å². The van der Waals surface area contributed by atoms with Crippen molar-refractivity contribution in [2.24, 2.45) is 0 Å². The maximum absolute atomic E-state index is 5.28. The predicted octanol–water partition coefficient (Wildman–Crippen LogP) is 1.34. The first-order valence-corrected chi connectivity index (χ1v) is 5.58. The molecule has 1 aliphatic heterocycles. The molecule has 48 valence electrons. The van der Waals surface area contributed by atoms with Gasteiger partial charge in [-0.15, -0.1) is 0 Å². The topological polar surface area (TPSA) is 9.23 Å². The van der Waals surface area contributed by atoms with Crippen molar-refractivity contribution < 1.29 is 4.74 Å². The second kappa shape index (κ2) is 4.37. The molecule has 0 radical (unpaired) electrons. The van der Waals surface area contributed by atoms with Crippen LogP contribution in [0, 0.1) is 0 Å². The number of hydrogen-bond donors (Lipinski definition) is 0. The SMILES string of the molecule is C1COCCC[Se]C1. The summed E-state index contributed by atoms with van der Waals surface area (Å²) in [5.74, 6) is 0. The summed E-state index contributed by atoms with van der Waals surface area (Å²) in [5, 5.41) is 2.88. The Bertz CT molecular complexity index is 32.5. The molecule has 0 saturated carbocycles. The van der Waals surface area contributed by atoms with E-state index in [0.29, 0.717) is 0 Å². The van der Waals surface area contributed by atoms with E-state index in [0.717, 1.165) is 28.2 Å². The molecule has 1 fully saturated rings. The molecule has 1 rings (SSSR count). The summed E-state index contributed by atoms with van der Waals surface area (Å²) in [7, 11) is 0. The van der Waals surface area contributed by atoms with Gasteiger partial charge in [0.25, 0.3) is 0 Å². The fourth-order valence-electron chi connectivity index (χ4n) is 0.730. The van der Waals surface area contributed by atoms with E-state index in [4.69, 9.17) is 4.74 Å². The molecule has 0 N–H and O–H groups in total. The summed E-state index contributed by atoms with van der Waals surface area (Å²) in [5.41, 5.74) is 0. The molecule has 2 heteroatoms. The number of hydrogen-bond acceptors (Lipinski definition) is 1. The Kier molecular flexibility index (Phi) is 3.60. The molecular formula is C6H12OSe. The summed E-state index contributed by atoms with van der Waals surface area (Å²) in [6, 6.07) is 0. The van der Waals surface area contributed by atoms with Crippen LogP contribution in [0.25, 0.3) is 0 Å². The summed E-state index contributed by atoms with van der Waals surface area (Å²) >= 11 is 0.948. The molecule has 0 aromatic carbocycles. The van der Waals surface area contributed by atoms with Crippen LogP contribution >= 0.6 is 0 Å². The Labute approximate surface area is 57.0 Å². The van der Waals surface area contributed by atoms with E-state index in [1.165, 1.54) is 23.5 Å². The third-order valence-corrected chi connectivity index (χ3v) is 3.58. The van der Waals surface area contributed by atoms with Crippen molar-refractivity contribution in [3.8, 4) is 0 Å². The van der Waals surface area contributed by atoms with Gasteiger partial charge in [0.1, 0.15) is 0 Å². The Morgan fingerprint density at radius 2 is 1.62 bits per heavy atom. The van der Waals surface area contributed by atoms with E-state index in [1.807, 2.05) is 0 Å². The average Bonchev–Trinajstić information content (AvgIpc) is 1.62. The minimum absolute atomic E-state index is 0.948. The van der Waals surface area contributed by atoms with Crippen molar-refractivity contribution in [1.29, 1.82) is 0 Å². The van der Waals surface area contributed by atoms with Gasteiger partial charge in [-0.05, 0) is 0 Å². The normalized spacial score (nSPS) is 24.0. The van der Waals surface area contributed by atoms with Crippen molar-refractivity contribution in [2.75, 3.05) is 13.2 Å². The van der Waals surface area contributed by atoms with Crippen LogP contribution in [0.15, 0.2) is 0 Å². The van der Waals surface area contributed by atoms with E-state index in [2.05, 4.69) is 0 Å². The molecule has 0 aliphatic carbocycles. The molecule has 1 aliphatic rings. The molecule has 0 aromatic heterocycles. The molecule has 1 heterocycles. The van der Waals surface area contributed by atoms with Gasteiger partial charge in [-0.1, -0.05) is 0 Å². The van der Waals surface area contributed by atoms with E-state index >= 15 is 0 Å². The molecule has 0 amide bonds. The van der Waals surface area contributed by atoms with Crippen molar-refractivity contribution in [1.82, 2.24) is 0 Å². The summed E-state index contributed by atoms with van der Waals surface area (Å²) in [6.07, 6.45) is 2.61. The molecule has 0 aromatic rings. The van der Waals surface area contributed by atoms with Gasteiger partial charge in [0.2, 0.25) is 0 Å². The monoisotopic (exact) mass is 180 g/mol. The van der Waals surface area contributed by atoms with Gasteiger partial charge in [0.15, 0.2) is 0 Å². The summed E-state index contributed by atoms with van der Waals surface area (Å²) in [4.78, 5) is 0.